The van der Waals surface area contributed by atoms with E-state index in [2.05, 4.69) is 18.4 Å². The lowest BCUT2D eigenvalue weighted by atomic mass is 9.85. The van der Waals surface area contributed by atoms with Crippen molar-refractivity contribution in [2.75, 3.05) is 7.05 Å². The second kappa shape index (κ2) is 5.14. The van der Waals surface area contributed by atoms with E-state index in [-0.39, 0.29) is 0 Å². The standard InChI is InChI=1S/C16H27N/c1-17-16(15-10-13-9-14(13)11-15)12-7-5-3-2-4-6-8-12/h7,13-17H,2-6,8-11H2,1H3. The molecule has 0 heterocycles. The number of likely N-dealkylation sites (N-methyl/N-ethyl adjacent to an activating group) is 1. The summed E-state index contributed by atoms with van der Waals surface area (Å²) in [7, 11) is 2.17. The van der Waals surface area contributed by atoms with Crippen LogP contribution in [0.5, 0.6) is 0 Å². The summed E-state index contributed by atoms with van der Waals surface area (Å²) in [6.07, 6.45) is 15.5. The van der Waals surface area contributed by atoms with E-state index in [1.165, 1.54) is 51.4 Å². The van der Waals surface area contributed by atoms with Crippen molar-refractivity contribution in [2.24, 2.45) is 17.8 Å². The zero-order valence-corrected chi connectivity index (χ0v) is 11.3. The Balaban J connectivity index is 1.65. The lowest BCUT2D eigenvalue weighted by Gasteiger charge is -2.28. The van der Waals surface area contributed by atoms with Gasteiger partial charge in [-0.3, -0.25) is 0 Å². The molecular weight excluding hydrogens is 206 g/mol. The van der Waals surface area contributed by atoms with Crippen LogP contribution in [-0.2, 0) is 0 Å². The second-order valence-electron chi connectivity index (χ2n) is 6.49. The molecule has 0 aromatic rings. The van der Waals surface area contributed by atoms with Gasteiger partial charge >= 0.3 is 0 Å². The van der Waals surface area contributed by atoms with Gasteiger partial charge in [-0.15, -0.1) is 0 Å². The minimum Gasteiger partial charge on any atom is -0.313 e. The molecule has 2 fully saturated rings. The Hall–Kier alpha value is -0.300. The Morgan fingerprint density at radius 2 is 1.82 bits per heavy atom. The van der Waals surface area contributed by atoms with Crippen LogP contribution >= 0.6 is 0 Å². The summed E-state index contributed by atoms with van der Waals surface area (Å²) in [6, 6.07) is 0.709. The summed E-state index contributed by atoms with van der Waals surface area (Å²) in [5.41, 5.74) is 1.75. The predicted octanol–water partition coefficient (Wildman–Crippen LogP) is 3.90. The molecular formula is C16H27N. The van der Waals surface area contributed by atoms with Crippen LogP contribution in [0, 0.1) is 17.8 Å². The lowest BCUT2D eigenvalue weighted by molar-refractivity contribution is 0.376. The first-order valence-electron chi connectivity index (χ1n) is 7.74. The molecule has 3 rings (SSSR count). The third-order valence-electron chi connectivity index (χ3n) is 5.29. The number of allylic oxidation sites excluding steroid dienone is 1. The van der Waals surface area contributed by atoms with E-state index < -0.39 is 0 Å². The SMILES string of the molecule is CNC(C1=CCCCCCC1)C1CC2CC2C1. The minimum absolute atomic E-state index is 0.709. The number of hydrogen-bond donors (Lipinski definition) is 1. The molecule has 0 spiro atoms. The van der Waals surface area contributed by atoms with Crippen LogP contribution in [0.1, 0.15) is 57.8 Å². The molecule has 0 aromatic heterocycles. The first-order valence-corrected chi connectivity index (χ1v) is 7.74. The van der Waals surface area contributed by atoms with Gasteiger partial charge in [-0.1, -0.05) is 24.5 Å². The van der Waals surface area contributed by atoms with Crippen molar-refractivity contribution < 1.29 is 0 Å². The first-order chi connectivity index (χ1) is 8.38. The maximum atomic E-state index is 3.63. The average molecular weight is 233 g/mol. The molecule has 1 nitrogen and oxygen atoms in total. The third-order valence-corrected chi connectivity index (χ3v) is 5.29. The Labute approximate surface area is 106 Å². The molecule has 3 atom stereocenters. The van der Waals surface area contributed by atoms with Gasteiger partial charge in [0.25, 0.3) is 0 Å². The molecule has 1 N–H and O–H groups in total. The molecule has 3 aliphatic carbocycles. The van der Waals surface area contributed by atoms with Crippen molar-refractivity contribution in [3.8, 4) is 0 Å². The van der Waals surface area contributed by atoms with Gasteiger partial charge in [-0.2, -0.15) is 0 Å². The van der Waals surface area contributed by atoms with Crippen molar-refractivity contribution in [1.29, 1.82) is 0 Å². The van der Waals surface area contributed by atoms with E-state index in [0.717, 1.165) is 17.8 Å². The largest absolute Gasteiger partial charge is 0.313 e. The van der Waals surface area contributed by atoms with Gasteiger partial charge in [0.05, 0.1) is 0 Å². The van der Waals surface area contributed by atoms with Crippen molar-refractivity contribution in [3.05, 3.63) is 11.6 Å². The van der Waals surface area contributed by atoms with E-state index in [1.807, 2.05) is 0 Å². The van der Waals surface area contributed by atoms with Crippen LogP contribution in [0.15, 0.2) is 11.6 Å². The average Bonchev–Trinajstić information content (AvgIpc) is 2.90. The fraction of sp³-hybridized carbons (Fsp3) is 0.875. The summed E-state index contributed by atoms with van der Waals surface area (Å²) in [5.74, 6) is 3.18. The van der Waals surface area contributed by atoms with Crippen LogP contribution < -0.4 is 5.32 Å². The van der Waals surface area contributed by atoms with E-state index in [0.29, 0.717) is 6.04 Å². The molecule has 1 heteroatoms. The highest BCUT2D eigenvalue weighted by Gasteiger charge is 2.47. The Morgan fingerprint density at radius 3 is 2.59 bits per heavy atom. The molecule has 2 saturated carbocycles. The second-order valence-corrected chi connectivity index (χ2v) is 6.49. The third kappa shape index (κ3) is 2.59. The van der Waals surface area contributed by atoms with Gasteiger partial charge in [0, 0.05) is 6.04 Å². The highest BCUT2D eigenvalue weighted by atomic mass is 14.9. The summed E-state index contributed by atoms with van der Waals surface area (Å²) in [6.45, 7) is 0. The molecule has 0 radical (unpaired) electrons. The van der Waals surface area contributed by atoms with E-state index in [1.54, 1.807) is 12.0 Å². The highest BCUT2D eigenvalue weighted by Crippen LogP contribution is 2.55. The quantitative estimate of drug-likeness (QED) is 0.729. The zero-order chi connectivity index (χ0) is 11.7. The fourth-order valence-corrected chi connectivity index (χ4v) is 4.26. The van der Waals surface area contributed by atoms with Crippen molar-refractivity contribution in [2.45, 2.75) is 63.8 Å². The van der Waals surface area contributed by atoms with Gasteiger partial charge in [-0.05, 0) is 69.7 Å². The topological polar surface area (TPSA) is 12.0 Å². The maximum absolute atomic E-state index is 3.63. The number of fused-ring (bicyclic) bond motifs is 1. The number of rotatable bonds is 3. The molecule has 17 heavy (non-hydrogen) atoms. The summed E-state index contributed by atoms with van der Waals surface area (Å²) >= 11 is 0. The van der Waals surface area contributed by atoms with Crippen LogP contribution in [0.3, 0.4) is 0 Å². The molecule has 0 saturated heterocycles. The van der Waals surface area contributed by atoms with Crippen molar-refractivity contribution >= 4 is 0 Å². The zero-order valence-electron chi connectivity index (χ0n) is 11.3. The maximum Gasteiger partial charge on any atom is 0.0305 e. The van der Waals surface area contributed by atoms with E-state index in [4.69, 9.17) is 0 Å². The van der Waals surface area contributed by atoms with Crippen molar-refractivity contribution in [1.82, 2.24) is 5.32 Å². The molecule has 96 valence electrons. The van der Waals surface area contributed by atoms with Crippen molar-refractivity contribution in [3.63, 3.8) is 0 Å². The fourth-order valence-electron chi connectivity index (χ4n) is 4.26. The lowest BCUT2D eigenvalue weighted by Crippen LogP contribution is -2.35. The Kier molecular flexibility index (Phi) is 3.56. The Morgan fingerprint density at radius 1 is 1.06 bits per heavy atom. The van der Waals surface area contributed by atoms with Crippen LogP contribution in [-0.4, -0.2) is 13.1 Å². The van der Waals surface area contributed by atoms with Gasteiger partial charge in [-0.25, -0.2) is 0 Å². The monoisotopic (exact) mass is 233 g/mol. The highest BCUT2D eigenvalue weighted by molar-refractivity contribution is 5.16. The molecule has 0 aromatic carbocycles. The molecule has 0 amide bonds. The van der Waals surface area contributed by atoms with E-state index >= 15 is 0 Å². The van der Waals surface area contributed by atoms with Crippen LogP contribution in [0.2, 0.25) is 0 Å². The molecule has 3 unspecified atom stereocenters. The van der Waals surface area contributed by atoms with Gasteiger partial charge < -0.3 is 5.32 Å². The Bertz CT molecular complexity index is 284. The normalized spacial score (nSPS) is 38.9. The molecule has 0 bridgehead atoms. The smallest absolute Gasteiger partial charge is 0.0305 e. The summed E-state index contributed by atoms with van der Waals surface area (Å²) in [5, 5.41) is 3.63. The number of hydrogen-bond acceptors (Lipinski definition) is 1. The van der Waals surface area contributed by atoms with Crippen LogP contribution in [0.25, 0.3) is 0 Å². The molecule has 0 aliphatic heterocycles. The van der Waals surface area contributed by atoms with Crippen LogP contribution in [0.4, 0.5) is 0 Å². The first kappa shape index (κ1) is 11.8. The van der Waals surface area contributed by atoms with Gasteiger partial charge in [0.1, 0.15) is 0 Å². The van der Waals surface area contributed by atoms with E-state index in [9.17, 15) is 0 Å². The predicted molar refractivity (Wildman–Crippen MR) is 73.0 cm³/mol. The molecule has 3 aliphatic rings. The van der Waals surface area contributed by atoms with Gasteiger partial charge in [0.15, 0.2) is 0 Å². The summed E-state index contributed by atoms with van der Waals surface area (Å²) in [4.78, 5) is 0. The summed E-state index contributed by atoms with van der Waals surface area (Å²) < 4.78 is 0. The minimum atomic E-state index is 0.709. The van der Waals surface area contributed by atoms with Gasteiger partial charge in [0.2, 0.25) is 0 Å². The number of nitrogens with one attached hydrogen (secondary N) is 1.